The zero-order chi connectivity index (χ0) is 20.5. The number of aliphatic hydroxyl groups is 1. The number of nitrogens with one attached hydrogen (secondary N) is 4. The molecule has 1 aliphatic heterocycles. The predicted octanol–water partition coefficient (Wildman–Crippen LogP) is -3.18. The smallest absolute Gasteiger partial charge is 0.309 e. The number of nitrogens with zero attached hydrogens (tertiary/aromatic N) is 1. The molecule has 1 aromatic rings. The lowest BCUT2D eigenvalue weighted by molar-refractivity contribution is -1.02. The van der Waals surface area contributed by atoms with Crippen LogP contribution in [0.5, 0.6) is 0 Å². The van der Waals surface area contributed by atoms with E-state index in [1.165, 1.54) is 15.4 Å². The number of rotatable bonds is 8. The van der Waals surface area contributed by atoms with Crippen LogP contribution in [-0.2, 0) is 9.59 Å². The Labute approximate surface area is 167 Å². The summed E-state index contributed by atoms with van der Waals surface area (Å²) in [5.74, 6) is -1.26. The SMILES string of the molecule is CN(C)c1ccc([C@@H](CNC(=O)C(=O)NCCCO)[NH+]2CC[NH+](C)CC2)cc1. The Morgan fingerprint density at radius 3 is 2.25 bits per heavy atom. The first-order chi connectivity index (χ1) is 13.4. The fraction of sp³-hybridized carbons (Fsp3) is 0.600. The third kappa shape index (κ3) is 6.47. The lowest BCUT2D eigenvalue weighted by Gasteiger charge is -2.33. The average molecular weight is 394 g/mol. The molecular weight excluding hydrogens is 358 g/mol. The summed E-state index contributed by atoms with van der Waals surface area (Å²) in [7, 11) is 6.23. The number of quaternary nitrogens is 2. The molecular formula is C20H35N5O3+2. The zero-order valence-electron chi connectivity index (χ0n) is 17.3. The van der Waals surface area contributed by atoms with Gasteiger partial charge in [0.05, 0.1) is 13.6 Å². The first-order valence-electron chi connectivity index (χ1n) is 10.0. The van der Waals surface area contributed by atoms with E-state index in [0.717, 1.165) is 31.9 Å². The van der Waals surface area contributed by atoms with Gasteiger partial charge in [0.25, 0.3) is 0 Å². The molecule has 156 valence electrons. The number of hydrogen-bond acceptors (Lipinski definition) is 4. The number of likely N-dealkylation sites (N-methyl/N-ethyl adjacent to an activating group) is 1. The highest BCUT2D eigenvalue weighted by Gasteiger charge is 2.30. The molecule has 8 heteroatoms. The van der Waals surface area contributed by atoms with E-state index in [1.807, 2.05) is 14.1 Å². The normalized spacial score (nSPS) is 20.3. The summed E-state index contributed by atoms with van der Waals surface area (Å²) in [6.07, 6.45) is 0.438. The molecule has 1 fully saturated rings. The molecule has 2 amide bonds. The molecule has 1 heterocycles. The van der Waals surface area contributed by atoms with E-state index in [2.05, 4.69) is 46.8 Å². The van der Waals surface area contributed by atoms with Crippen molar-refractivity contribution in [2.24, 2.45) is 0 Å². The van der Waals surface area contributed by atoms with Crippen LogP contribution >= 0.6 is 0 Å². The van der Waals surface area contributed by atoms with Crippen LogP contribution in [0.3, 0.4) is 0 Å². The molecule has 0 radical (unpaired) electrons. The quantitative estimate of drug-likeness (QED) is 0.238. The highest BCUT2D eigenvalue weighted by atomic mass is 16.3. The Morgan fingerprint density at radius 2 is 1.68 bits per heavy atom. The van der Waals surface area contributed by atoms with Crippen molar-refractivity contribution in [3.63, 3.8) is 0 Å². The van der Waals surface area contributed by atoms with Crippen molar-refractivity contribution in [3.8, 4) is 0 Å². The summed E-state index contributed by atoms with van der Waals surface area (Å²) in [5, 5.41) is 14.1. The number of anilines is 1. The third-order valence-electron chi connectivity index (χ3n) is 5.34. The van der Waals surface area contributed by atoms with Crippen LogP contribution < -0.4 is 25.3 Å². The average Bonchev–Trinajstić information content (AvgIpc) is 2.69. The summed E-state index contributed by atoms with van der Waals surface area (Å²) >= 11 is 0. The van der Waals surface area contributed by atoms with Gasteiger partial charge >= 0.3 is 11.8 Å². The van der Waals surface area contributed by atoms with Crippen LogP contribution in [-0.4, -0.2) is 83.9 Å². The standard InChI is InChI=1S/C20H33N5O3/c1-23(2)17-7-5-16(6-8-17)18(25-12-10-24(3)11-13-25)15-22-20(28)19(27)21-9-4-14-26/h5-8,18,26H,4,9-15H2,1-3H3,(H,21,27)(H,22,28)/p+2/t18-/m1/s1. The van der Waals surface area contributed by atoms with E-state index >= 15 is 0 Å². The van der Waals surface area contributed by atoms with E-state index in [4.69, 9.17) is 5.11 Å². The minimum absolute atomic E-state index is 0.0122. The van der Waals surface area contributed by atoms with Gasteiger partial charge in [-0.3, -0.25) is 9.59 Å². The summed E-state index contributed by atoms with van der Waals surface area (Å²) in [5.41, 5.74) is 2.30. The minimum atomic E-state index is -0.645. The number of piperazine rings is 1. The molecule has 2 rings (SSSR count). The van der Waals surface area contributed by atoms with Crippen LogP contribution in [0.15, 0.2) is 24.3 Å². The second-order valence-electron chi connectivity index (χ2n) is 7.70. The van der Waals surface area contributed by atoms with E-state index < -0.39 is 11.8 Å². The summed E-state index contributed by atoms with van der Waals surface area (Å²) in [6, 6.07) is 8.52. The monoisotopic (exact) mass is 393 g/mol. The van der Waals surface area contributed by atoms with E-state index in [1.54, 1.807) is 0 Å². The molecule has 0 aliphatic carbocycles. The van der Waals surface area contributed by atoms with Crippen LogP contribution in [0.2, 0.25) is 0 Å². The molecule has 1 aromatic carbocycles. The van der Waals surface area contributed by atoms with Crippen molar-refractivity contribution < 1.29 is 24.5 Å². The maximum Gasteiger partial charge on any atom is 0.309 e. The number of carbonyl (C=O) groups excluding carboxylic acids is 2. The topological polar surface area (TPSA) is 90.5 Å². The number of benzene rings is 1. The molecule has 5 N–H and O–H groups in total. The van der Waals surface area contributed by atoms with E-state index in [9.17, 15) is 9.59 Å². The molecule has 1 saturated heterocycles. The Morgan fingerprint density at radius 1 is 1.07 bits per heavy atom. The Kier molecular flexibility index (Phi) is 8.69. The predicted molar refractivity (Wildman–Crippen MR) is 109 cm³/mol. The highest BCUT2D eigenvalue weighted by Crippen LogP contribution is 2.16. The van der Waals surface area contributed by atoms with E-state index in [-0.39, 0.29) is 12.6 Å². The van der Waals surface area contributed by atoms with Gasteiger partial charge < -0.3 is 30.4 Å². The second kappa shape index (κ2) is 11.0. The highest BCUT2D eigenvalue weighted by molar-refractivity contribution is 6.35. The van der Waals surface area contributed by atoms with Gasteiger partial charge in [-0.15, -0.1) is 0 Å². The maximum atomic E-state index is 12.1. The number of carbonyl (C=O) groups is 2. The van der Waals surface area contributed by atoms with Gasteiger partial charge in [0, 0.05) is 38.5 Å². The summed E-state index contributed by atoms with van der Waals surface area (Å²) in [6.45, 7) is 4.96. The van der Waals surface area contributed by atoms with E-state index in [0.29, 0.717) is 19.5 Å². The van der Waals surface area contributed by atoms with Crippen LogP contribution in [0.4, 0.5) is 5.69 Å². The summed E-state index contributed by atoms with van der Waals surface area (Å²) in [4.78, 5) is 29.0. The van der Waals surface area contributed by atoms with Gasteiger partial charge in [-0.25, -0.2) is 0 Å². The van der Waals surface area contributed by atoms with Crippen molar-refractivity contribution in [2.75, 3.05) is 71.9 Å². The lowest BCUT2D eigenvalue weighted by Crippen LogP contribution is -3.27. The van der Waals surface area contributed by atoms with Crippen molar-refractivity contribution in [1.82, 2.24) is 10.6 Å². The molecule has 1 atom stereocenters. The molecule has 1 aliphatic rings. The largest absolute Gasteiger partial charge is 0.396 e. The number of aliphatic hydroxyl groups excluding tert-OH is 1. The fourth-order valence-corrected chi connectivity index (χ4v) is 3.49. The van der Waals surface area contributed by atoms with Gasteiger partial charge in [-0.1, -0.05) is 12.1 Å². The van der Waals surface area contributed by atoms with Crippen LogP contribution in [0.1, 0.15) is 18.0 Å². The van der Waals surface area contributed by atoms with Gasteiger partial charge in [-0.05, 0) is 18.6 Å². The Bertz CT molecular complexity index is 627. The van der Waals surface area contributed by atoms with Crippen LogP contribution in [0, 0.1) is 0 Å². The van der Waals surface area contributed by atoms with Gasteiger partial charge in [0.1, 0.15) is 32.2 Å². The number of hydrogen-bond donors (Lipinski definition) is 5. The third-order valence-corrected chi connectivity index (χ3v) is 5.34. The van der Waals surface area contributed by atoms with Crippen molar-refractivity contribution in [2.45, 2.75) is 12.5 Å². The van der Waals surface area contributed by atoms with Crippen molar-refractivity contribution in [3.05, 3.63) is 29.8 Å². The molecule has 0 bridgehead atoms. The number of amides is 2. The molecule has 0 unspecified atom stereocenters. The van der Waals surface area contributed by atoms with Crippen molar-refractivity contribution in [1.29, 1.82) is 0 Å². The Hall–Kier alpha value is -2.16. The molecule has 0 aromatic heterocycles. The molecule has 0 saturated carbocycles. The molecule has 8 nitrogen and oxygen atoms in total. The molecule has 28 heavy (non-hydrogen) atoms. The first kappa shape index (κ1) is 22.1. The van der Waals surface area contributed by atoms with Crippen molar-refractivity contribution >= 4 is 17.5 Å². The van der Waals surface area contributed by atoms with Crippen LogP contribution in [0.25, 0.3) is 0 Å². The fourth-order valence-electron chi connectivity index (χ4n) is 3.49. The minimum Gasteiger partial charge on any atom is -0.396 e. The lowest BCUT2D eigenvalue weighted by atomic mass is 10.0. The molecule has 0 spiro atoms. The summed E-state index contributed by atoms with van der Waals surface area (Å²) < 4.78 is 0. The van der Waals surface area contributed by atoms with Gasteiger partial charge in [0.15, 0.2) is 0 Å². The Balaban J connectivity index is 2.04. The maximum absolute atomic E-state index is 12.1. The van der Waals surface area contributed by atoms with Gasteiger partial charge in [-0.2, -0.15) is 0 Å². The second-order valence-corrected chi connectivity index (χ2v) is 7.70. The van der Waals surface area contributed by atoms with Gasteiger partial charge in [0.2, 0.25) is 0 Å². The first-order valence-corrected chi connectivity index (χ1v) is 10.0. The zero-order valence-corrected chi connectivity index (χ0v) is 17.3.